The van der Waals surface area contributed by atoms with Gasteiger partial charge in [-0.1, -0.05) is 98.8 Å². The second-order valence-electron chi connectivity index (χ2n) is 10.5. The fraction of sp³-hybridized carbons (Fsp3) is 0.267. The molecule has 7 nitrogen and oxygen atoms in total. The van der Waals surface area contributed by atoms with Crippen LogP contribution in [-0.4, -0.2) is 39.0 Å². The van der Waals surface area contributed by atoms with Crippen molar-refractivity contribution in [2.45, 2.75) is 49.6 Å². The number of methoxy groups -OCH3 is 1. The monoisotopic (exact) mass is 526 g/mol. The highest BCUT2D eigenvalue weighted by Crippen LogP contribution is 2.40. The number of benzene rings is 3. The number of ether oxygens (including phenoxy) is 1. The lowest BCUT2D eigenvalue weighted by molar-refractivity contribution is 0.0600. The summed E-state index contributed by atoms with van der Waals surface area (Å²) in [5.74, 6) is 0.261. The number of carbonyl (C=O) groups is 2. The molecule has 0 aliphatic carbocycles. The van der Waals surface area contributed by atoms with Crippen molar-refractivity contribution in [3.05, 3.63) is 101 Å². The molecule has 194 valence electrons. The van der Waals surface area contributed by atoms with Crippen LogP contribution >= 0.6 is 11.8 Å². The maximum absolute atomic E-state index is 13.7. The van der Waals surface area contributed by atoms with Gasteiger partial charge in [-0.2, -0.15) is 0 Å². The Bertz CT molecular complexity index is 1470. The van der Waals surface area contributed by atoms with Crippen molar-refractivity contribution < 1.29 is 14.3 Å². The lowest BCUT2D eigenvalue weighted by atomic mass is 9.87. The van der Waals surface area contributed by atoms with Gasteiger partial charge in [0.25, 0.3) is 0 Å². The van der Waals surface area contributed by atoms with E-state index in [9.17, 15) is 9.59 Å². The van der Waals surface area contributed by atoms with Crippen LogP contribution < -0.4 is 5.43 Å². The summed E-state index contributed by atoms with van der Waals surface area (Å²) in [5.41, 5.74) is 8.75. The van der Waals surface area contributed by atoms with Gasteiger partial charge in [-0.15, -0.1) is 10.2 Å². The number of hydrogen-bond acceptors (Lipinski definition) is 7. The summed E-state index contributed by atoms with van der Waals surface area (Å²) in [4.78, 5) is 25.7. The maximum atomic E-state index is 13.7. The number of hydrogen-bond donors (Lipinski definition) is 1. The highest BCUT2D eigenvalue weighted by Gasteiger charge is 2.38. The second-order valence-corrected chi connectivity index (χ2v) is 11.6. The summed E-state index contributed by atoms with van der Waals surface area (Å²) in [6.07, 6.45) is 0. The number of aromatic nitrogens is 3. The second kappa shape index (κ2) is 10.1. The van der Waals surface area contributed by atoms with Crippen LogP contribution in [0.2, 0.25) is 0 Å². The average molecular weight is 527 g/mol. The van der Waals surface area contributed by atoms with Crippen LogP contribution in [0.15, 0.2) is 78.0 Å². The van der Waals surface area contributed by atoms with Crippen molar-refractivity contribution in [1.82, 2.24) is 14.9 Å². The van der Waals surface area contributed by atoms with E-state index < -0.39 is 17.3 Å². The van der Waals surface area contributed by atoms with Crippen LogP contribution in [0.25, 0.3) is 11.4 Å². The number of nitrogens with zero attached hydrogens (tertiary/aromatic N) is 3. The zero-order valence-electron chi connectivity index (χ0n) is 22.1. The summed E-state index contributed by atoms with van der Waals surface area (Å²) in [6.45, 7) is 8.54. The molecule has 0 unspecified atom stereocenters. The number of ketones is 1. The number of esters is 1. The van der Waals surface area contributed by atoms with Crippen molar-refractivity contribution in [1.29, 1.82) is 0 Å². The first-order valence-electron chi connectivity index (χ1n) is 12.4. The molecule has 3 aromatic carbocycles. The maximum Gasteiger partial charge on any atom is 0.337 e. The van der Waals surface area contributed by atoms with Gasteiger partial charge in [-0.25, -0.2) is 9.47 Å². The number of Topliss-reactive ketones (excluding diaryl/α,β-unsaturated/α-hetero) is 1. The molecule has 2 atom stereocenters. The molecule has 0 radical (unpaired) electrons. The van der Waals surface area contributed by atoms with Gasteiger partial charge < -0.3 is 10.2 Å². The summed E-state index contributed by atoms with van der Waals surface area (Å²) in [7, 11) is 1.36. The Morgan fingerprint density at radius 3 is 2.13 bits per heavy atom. The standard InChI is InChI=1S/C30H30N4O3S/c1-18-6-8-20(9-7-18)25(35)26-24(19-10-12-22(13-11-19)28(36)37-5)33-34-27(31-32-29(34)38-26)21-14-16-23(17-15-21)30(2,3)4/h6-17,24,26,33H,1-5H3/t24-,26-/m1/s1. The number of nitrogens with one attached hydrogen (secondary N) is 1. The molecule has 0 saturated heterocycles. The zero-order chi connectivity index (χ0) is 27.0. The molecular formula is C30H30N4O3S. The van der Waals surface area contributed by atoms with E-state index in [-0.39, 0.29) is 11.2 Å². The summed E-state index contributed by atoms with van der Waals surface area (Å²) < 4.78 is 6.70. The Balaban J connectivity index is 1.53. The first-order valence-corrected chi connectivity index (χ1v) is 13.3. The molecule has 38 heavy (non-hydrogen) atoms. The molecule has 0 bridgehead atoms. The molecule has 1 aromatic heterocycles. The Labute approximate surface area is 226 Å². The van der Waals surface area contributed by atoms with E-state index in [1.54, 1.807) is 12.1 Å². The number of thioether (sulfide) groups is 1. The van der Waals surface area contributed by atoms with E-state index in [1.807, 2.05) is 60.1 Å². The summed E-state index contributed by atoms with van der Waals surface area (Å²) in [5, 5.41) is 9.02. The molecule has 0 fully saturated rings. The van der Waals surface area contributed by atoms with Gasteiger partial charge >= 0.3 is 5.97 Å². The van der Waals surface area contributed by atoms with E-state index >= 15 is 0 Å². The highest BCUT2D eigenvalue weighted by molar-refractivity contribution is 8.00. The van der Waals surface area contributed by atoms with Gasteiger partial charge in [-0.3, -0.25) is 4.79 Å². The first kappa shape index (κ1) is 25.7. The Morgan fingerprint density at radius 1 is 0.895 bits per heavy atom. The van der Waals surface area contributed by atoms with Crippen LogP contribution in [0.3, 0.4) is 0 Å². The van der Waals surface area contributed by atoms with Gasteiger partial charge in [0.05, 0.1) is 18.7 Å². The van der Waals surface area contributed by atoms with Gasteiger partial charge in [0, 0.05) is 11.1 Å². The van der Waals surface area contributed by atoms with Crippen LogP contribution in [0.5, 0.6) is 0 Å². The van der Waals surface area contributed by atoms with Crippen molar-refractivity contribution in [2.24, 2.45) is 0 Å². The number of carbonyl (C=O) groups excluding carboxylic acids is 2. The largest absolute Gasteiger partial charge is 0.465 e. The van der Waals surface area contributed by atoms with Crippen molar-refractivity contribution >= 4 is 23.5 Å². The lowest BCUT2D eigenvalue weighted by Gasteiger charge is -2.33. The topological polar surface area (TPSA) is 86.1 Å². The predicted molar refractivity (Wildman–Crippen MR) is 149 cm³/mol. The molecule has 1 aliphatic heterocycles. The van der Waals surface area contributed by atoms with E-state index in [4.69, 9.17) is 4.74 Å². The molecule has 1 N–H and O–H groups in total. The minimum atomic E-state index is -0.491. The smallest absolute Gasteiger partial charge is 0.337 e. The SMILES string of the molecule is COC(=O)c1ccc([C@H]2Nn3c(nnc3-c3ccc(C(C)(C)C)cc3)S[C@H]2C(=O)c2ccc(C)cc2)cc1. The fourth-order valence-corrected chi connectivity index (χ4v) is 5.59. The minimum Gasteiger partial charge on any atom is -0.465 e. The van der Waals surface area contributed by atoms with Gasteiger partial charge in [0.2, 0.25) is 5.16 Å². The van der Waals surface area contributed by atoms with Crippen LogP contribution in [-0.2, 0) is 10.2 Å². The van der Waals surface area contributed by atoms with E-state index in [0.29, 0.717) is 22.1 Å². The van der Waals surface area contributed by atoms with Gasteiger partial charge in [-0.05, 0) is 35.6 Å². The summed E-state index contributed by atoms with van der Waals surface area (Å²) >= 11 is 1.39. The van der Waals surface area contributed by atoms with Crippen LogP contribution in [0.4, 0.5) is 0 Å². The Hall–Kier alpha value is -3.91. The lowest BCUT2D eigenvalue weighted by Crippen LogP contribution is -2.39. The van der Waals surface area contributed by atoms with Crippen molar-refractivity contribution in [3.63, 3.8) is 0 Å². The quantitative estimate of drug-likeness (QED) is 0.253. The van der Waals surface area contributed by atoms with Crippen molar-refractivity contribution in [3.8, 4) is 11.4 Å². The number of rotatable bonds is 5. The Morgan fingerprint density at radius 2 is 1.53 bits per heavy atom. The first-order chi connectivity index (χ1) is 18.2. The third-order valence-electron chi connectivity index (χ3n) is 6.73. The highest BCUT2D eigenvalue weighted by atomic mass is 32.2. The predicted octanol–water partition coefficient (Wildman–Crippen LogP) is 5.98. The number of fused-ring (bicyclic) bond motifs is 1. The molecule has 1 aliphatic rings. The third kappa shape index (κ3) is 4.96. The number of aryl methyl sites for hydroxylation is 1. The van der Waals surface area contributed by atoms with E-state index in [0.717, 1.165) is 16.7 Å². The van der Waals surface area contributed by atoms with Gasteiger partial charge in [0.15, 0.2) is 11.6 Å². The molecule has 2 heterocycles. The molecule has 8 heteroatoms. The molecule has 0 spiro atoms. The molecule has 0 amide bonds. The van der Waals surface area contributed by atoms with Crippen molar-refractivity contribution in [2.75, 3.05) is 12.5 Å². The molecule has 0 saturated carbocycles. The third-order valence-corrected chi connectivity index (χ3v) is 7.95. The average Bonchev–Trinajstić information content (AvgIpc) is 3.34. The zero-order valence-corrected chi connectivity index (χ0v) is 22.9. The Kier molecular flexibility index (Phi) is 6.84. The molecule has 4 aromatic rings. The summed E-state index contributed by atoms with van der Waals surface area (Å²) in [6, 6.07) is 22.7. The van der Waals surface area contributed by atoms with E-state index in [2.05, 4.69) is 48.5 Å². The van der Waals surface area contributed by atoms with E-state index in [1.165, 1.54) is 24.4 Å². The molecule has 5 rings (SSSR count). The normalized spacial score (nSPS) is 16.9. The van der Waals surface area contributed by atoms with Gasteiger partial charge in [0.1, 0.15) is 5.25 Å². The van der Waals surface area contributed by atoms with Crippen LogP contribution in [0, 0.1) is 6.92 Å². The fourth-order valence-electron chi connectivity index (χ4n) is 4.44. The molecular weight excluding hydrogens is 496 g/mol. The van der Waals surface area contributed by atoms with Crippen LogP contribution in [0.1, 0.15) is 64.2 Å². The minimum absolute atomic E-state index is 0.00475.